The van der Waals surface area contributed by atoms with Gasteiger partial charge in [-0.3, -0.25) is 9.59 Å². The lowest BCUT2D eigenvalue weighted by Gasteiger charge is -2.25. The van der Waals surface area contributed by atoms with Crippen LogP contribution in [0, 0.1) is 0 Å². The van der Waals surface area contributed by atoms with Crippen LogP contribution in [-0.4, -0.2) is 24.2 Å². The van der Waals surface area contributed by atoms with Gasteiger partial charge in [0.25, 0.3) is 5.91 Å². The Morgan fingerprint density at radius 3 is 2.70 bits per heavy atom. The maximum absolute atomic E-state index is 12.1. The minimum absolute atomic E-state index is 0.0373. The van der Waals surface area contributed by atoms with Gasteiger partial charge in [-0.1, -0.05) is 12.1 Å². The first-order valence-electron chi connectivity index (χ1n) is 7.16. The maximum Gasteiger partial charge on any atom is 0.266 e. The fourth-order valence-electron chi connectivity index (χ4n) is 2.28. The highest BCUT2D eigenvalue weighted by atomic mass is 32.2. The third-order valence-corrected chi connectivity index (χ3v) is 4.19. The lowest BCUT2D eigenvalue weighted by molar-refractivity contribution is -0.128. The molecule has 0 saturated carbocycles. The van der Waals surface area contributed by atoms with Gasteiger partial charge in [0.1, 0.15) is 5.75 Å². The number of carbonyl (C=O) groups is 2. The molecule has 23 heavy (non-hydrogen) atoms. The molecule has 2 amide bonds. The number of rotatable bonds is 4. The third-order valence-electron chi connectivity index (χ3n) is 3.45. The highest BCUT2D eigenvalue weighted by Crippen LogP contribution is 2.29. The van der Waals surface area contributed by atoms with Gasteiger partial charge in [-0.2, -0.15) is 0 Å². The van der Waals surface area contributed by atoms with E-state index in [2.05, 4.69) is 10.6 Å². The van der Waals surface area contributed by atoms with Crippen LogP contribution in [-0.2, 0) is 9.59 Å². The highest BCUT2D eigenvalue weighted by Gasteiger charge is 2.29. The van der Waals surface area contributed by atoms with Gasteiger partial charge in [0.2, 0.25) is 5.91 Å². The molecule has 1 heterocycles. The summed E-state index contributed by atoms with van der Waals surface area (Å²) < 4.78 is 5.61. The van der Waals surface area contributed by atoms with Crippen LogP contribution in [0.25, 0.3) is 0 Å². The van der Waals surface area contributed by atoms with Crippen molar-refractivity contribution in [2.45, 2.75) is 17.4 Å². The Labute approximate surface area is 138 Å². The van der Waals surface area contributed by atoms with Gasteiger partial charge in [-0.05, 0) is 42.7 Å². The summed E-state index contributed by atoms with van der Waals surface area (Å²) in [7, 11) is 0. The van der Waals surface area contributed by atoms with Crippen LogP contribution in [0.2, 0.25) is 0 Å². The number of hydrogen-bond acceptors (Lipinski definition) is 4. The second-order valence-electron chi connectivity index (χ2n) is 5.07. The van der Waals surface area contributed by atoms with Crippen molar-refractivity contribution in [3.05, 3.63) is 48.5 Å². The van der Waals surface area contributed by atoms with Gasteiger partial charge in [0.15, 0.2) is 6.10 Å². The molecule has 1 aliphatic heterocycles. The molecule has 118 valence electrons. The Bertz CT molecular complexity index is 731. The van der Waals surface area contributed by atoms with Crippen LogP contribution in [0.15, 0.2) is 53.4 Å². The molecule has 1 aliphatic rings. The molecule has 0 aromatic heterocycles. The minimum atomic E-state index is -0.824. The third kappa shape index (κ3) is 3.65. The second-order valence-corrected chi connectivity index (χ2v) is 5.95. The Hall–Kier alpha value is -2.47. The normalized spacial score (nSPS) is 16.0. The molecule has 0 bridgehead atoms. The summed E-state index contributed by atoms with van der Waals surface area (Å²) in [4.78, 5) is 25.2. The zero-order valence-corrected chi connectivity index (χ0v) is 13.4. The largest absolute Gasteiger partial charge is 0.478 e. The van der Waals surface area contributed by atoms with E-state index in [0.29, 0.717) is 17.1 Å². The molecule has 0 radical (unpaired) electrons. The van der Waals surface area contributed by atoms with Crippen molar-refractivity contribution in [3.63, 3.8) is 0 Å². The highest BCUT2D eigenvalue weighted by molar-refractivity contribution is 7.98. The molecule has 3 rings (SSSR count). The van der Waals surface area contributed by atoms with Crippen molar-refractivity contribution in [1.82, 2.24) is 0 Å². The summed E-state index contributed by atoms with van der Waals surface area (Å²) in [5, 5.41) is 5.52. The van der Waals surface area contributed by atoms with Gasteiger partial charge in [0, 0.05) is 10.6 Å². The molecule has 0 unspecified atom stereocenters. The molecule has 0 saturated heterocycles. The van der Waals surface area contributed by atoms with Crippen molar-refractivity contribution in [1.29, 1.82) is 0 Å². The van der Waals surface area contributed by atoms with E-state index in [0.717, 1.165) is 4.90 Å². The standard InChI is InChI=1S/C17H16N2O3S/c1-23-12-8-6-11(7-9-12)18-16(20)10-15-17(21)19-13-4-2-3-5-14(13)22-15/h2-9,15H,10H2,1H3,(H,18,20)(H,19,21)/t15-/m0/s1. The molecule has 0 spiro atoms. The van der Waals surface area contributed by atoms with E-state index in [1.54, 1.807) is 23.9 Å². The first-order valence-corrected chi connectivity index (χ1v) is 8.38. The van der Waals surface area contributed by atoms with Crippen LogP contribution in [0.3, 0.4) is 0 Å². The average Bonchev–Trinajstić information content (AvgIpc) is 2.56. The van der Waals surface area contributed by atoms with Gasteiger partial charge in [-0.25, -0.2) is 0 Å². The zero-order chi connectivity index (χ0) is 16.2. The van der Waals surface area contributed by atoms with Crippen LogP contribution in [0.4, 0.5) is 11.4 Å². The number of carbonyl (C=O) groups excluding carboxylic acids is 2. The van der Waals surface area contributed by atoms with E-state index in [9.17, 15) is 9.59 Å². The number of para-hydroxylation sites is 2. The monoisotopic (exact) mass is 328 g/mol. The van der Waals surface area contributed by atoms with Gasteiger partial charge < -0.3 is 15.4 Å². The molecule has 2 aromatic carbocycles. The Morgan fingerprint density at radius 2 is 1.96 bits per heavy atom. The van der Waals surface area contributed by atoms with Crippen molar-refractivity contribution in [2.75, 3.05) is 16.9 Å². The molecule has 5 nitrogen and oxygen atoms in total. The first-order chi connectivity index (χ1) is 11.2. The molecular weight excluding hydrogens is 312 g/mol. The minimum Gasteiger partial charge on any atom is -0.478 e. The number of nitrogens with one attached hydrogen (secondary N) is 2. The number of ether oxygens (including phenoxy) is 1. The number of hydrogen-bond donors (Lipinski definition) is 2. The second kappa shape index (κ2) is 6.75. The Balaban J connectivity index is 1.62. The maximum atomic E-state index is 12.1. The van der Waals surface area contributed by atoms with Crippen molar-refractivity contribution in [3.8, 4) is 5.75 Å². The quantitative estimate of drug-likeness (QED) is 0.846. The topological polar surface area (TPSA) is 67.4 Å². The van der Waals surface area contributed by atoms with Crippen LogP contribution < -0.4 is 15.4 Å². The number of fused-ring (bicyclic) bond motifs is 1. The van der Waals surface area contributed by atoms with Crippen molar-refractivity contribution < 1.29 is 14.3 Å². The van der Waals surface area contributed by atoms with Gasteiger partial charge >= 0.3 is 0 Å². The predicted molar refractivity (Wildman–Crippen MR) is 91.0 cm³/mol. The average molecular weight is 328 g/mol. The Morgan fingerprint density at radius 1 is 1.22 bits per heavy atom. The summed E-state index contributed by atoms with van der Waals surface area (Å²) in [6.45, 7) is 0. The van der Waals surface area contributed by atoms with E-state index in [4.69, 9.17) is 4.74 Å². The van der Waals surface area contributed by atoms with Gasteiger partial charge in [-0.15, -0.1) is 11.8 Å². The number of thioether (sulfide) groups is 1. The van der Waals surface area contributed by atoms with Crippen LogP contribution >= 0.6 is 11.8 Å². The first kappa shape index (κ1) is 15.4. The SMILES string of the molecule is CSc1ccc(NC(=O)C[C@@H]2Oc3ccccc3NC2=O)cc1. The zero-order valence-electron chi connectivity index (χ0n) is 12.5. The molecule has 2 N–H and O–H groups in total. The smallest absolute Gasteiger partial charge is 0.266 e. The number of anilines is 2. The van der Waals surface area contributed by atoms with E-state index < -0.39 is 6.10 Å². The van der Waals surface area contributed by atoms with Crippen molar-refractivity contribution in [2.24, 2.45) is 0 Å². The predicted octanol–water partition coefficient (Wildman–Crippen LogP) is 3.14. The van der Waals surface area contributed by atoms with Gasteiger partial charge in [0.05, 0.1) is 12.1 Å². The van der Waals surface area contributed by atoms with E-state index >= 15 is 0 Å². The summed E-state index contributed by atoms with van der Waals surface area (Å²) in [6.07, 6.45) is 1.13. The van der Waals surface area contributed by atoms with Crippen LogP contribution in [0.1, 0.15) is 6.42 Å². The molecular formula is C17H16N2O3S. The summed E-state index contributed by atoms with van der Waals surface area (Å²) in [5.41, 5.74) is 1.33. The van der Waals surface area contributed by atoms with Crippen molar-refractivity contribution >= 4 is 35.0 Å². The van der Waals surface area contributed by atoms with E-state index in [1.165, 1.54) is 0 Å². The summed E-state index contributed by atoms with van der Waals surface area (Å²) in [5.74, 6) is 0.00670. The molecule has 0 fully saturated rings. The lowest BCUT2D eigenvalue weighted by atomic mass is 10.1. The fourth-order valence-corrected chi connectivity index (χ4v) is 2.69. The van der Waals surface area contributed by atoms with E-state index in [-0.39, 0.29) is 18.2 Å². The number of benzene rings is 2. The lowest BCUT2D eigenvalue weighted by Crippen LogP contribution is -2.39. The summed E-state index contributed by atoms with van der Waals surface area (Å²) >= 11 is 1.63. The Kier molecular flexibility index (Phi) is 4.52. The summed E-state index contributed by atoms with van der Waals surface area (Å²) in [6, 6.07) is 14.7. The molecule has 6 heteroatoms. The van der Waals surface area contributed by atoms with Crippen LogP contribution in [0.5, 0.6) is 5.75 Å². The number of amides is 2. The molecule has 1 atom stereocenters. The molecule has 2 aromatic rings. The fraction of sp³-hybridized carbons (Fsp3) is 0.176. The van der Waals surface area contributed by atoms with E-state index in [1.807, 2.05) is 42.7 Å². The molecule has 0 aliphatic carbocycles.